The standard InChI is InChI=1S/C25H32N4O3S/c1-24(29-33(2,31)32,16-19-17-27-21-11-5-4-10-20(19)21)23(30)28-18-25(13-7-3-8-14-25)22-12-6-9-15-26-22/h4-6,9-12,15,17,27,29H,3,7-8,13-14,16,18H2,1-2H3,(H,28,30). The third-order valence-electron chi connectivity index (χ3n) is 6.74. The van der Waals surface area contributed by atoms with E-state index in [2.05, 4.69) is 20.0 Å². The summed E-state index contributed by atoms with van der Waals surface area (Å²) < 4.78 is 27.1. The van der Waals surface area contributed by atoms with E-state index < -0.39 is 15.6 Å². The summed E-state index contributed by atoms with van der Waals surface area (Å²) in [6.07, 6.45) is 10.2. The molecule has 0 spiro atoms. The predicted molar refractivity (Wildman–Crippen MR) is 130 cm³/mol. The van der Waals surface area contributed by atoms with E-state index >= 15 is 0 Å². The van der Waals surface area contributed by atoms with Gasteiger partial charge in [-0.25, -0.2) is 8.42 Å². The van der Waals surface area contributed by atoms with E-state index in [-0.39, 0.29) is 17.7 Å². The first-order valence-electron chi connectivity index (χ1n) is 11.4. The Kier molecular flexibility index (Phi) is 6.59. The molecular weight excluding hydrogens is 436 g/mol. The summed E-state index contributed by atoms with van der Waals surface area (Å²) in [5.74, 6) is -0.334. The summed E-state index contributed by atoms with van der Waals surface area (Å²) in [5, 5.41) is 4.08. The number of benzene rings is 1. The number of aromatic nitrogens is 2. The number of carbonyl (C=O) groups excluding carboxylic acids is 1. The Morgan fingerprint density at radius 3 is 2.55 bits per heavy atom. The SMILES string of the molecule is CC(Cc1c[nH]c2ccccc12)(NS(C)(=O)=O)C(=O)NCC1(c2ccccn2)CCCCC1. The third kappa shape index (κ3) is 5.28. The zero-order valence-electron chi connectivity index (χ0n) is 19.2. The molecule has 176 valence electrons. The number of pyridine rings is 1. The van der Waals surface area contributed by atoms with Crippen LogP contribution in [0.3, 0.4) is 0 Å². The van der Waals surface area contributed by atoms with Gasteiger partial charge in [-0.3, -0.25) is 9.78 Å². The Balaban J connectivity index is 1.60. The molecule has 1 atom stereocenters. The van der Waals surface area contributed by atoms with Gasteiger partial charge in [0.25, 0.3) is 0 Å². The zero-order chi connectivity index (χ0) is 23.5. The van der Waals surface area contributed by atoms with Gasteiger partial charge in [-0.1, -0.05) is 43.5 Å². The van der Waals surface area contributed by atoms with Crippen molar-refractivity contribution in [1.29, 1.82) is 0 Å². The molecule has 1 fully saturated rings. The highest BCUT2D eigenvalue weighted by Crippen LogP contribution is 2.38. The number of fused-ring (bicyclic) bond motifs is 1. The highest BCUT2D eigenvalue weighted by atomic mass is 32.2. The van der Waals surface area contributed by atoms with Crippen LogP contribution >= 0.6 is 0 Å². The molecule has 1 aromatic carbocycles. The van der Waals surface area contributed by atoms with Crippen LogP contribution in [-0.2, 0) is 26.7 Å². The topological polar surface area (TPSA) is 104 Å². The van der Waals surface area contributed by atoms with Gasteiger partial charge in [-0.05, 0) is 43.5 Å². The van der Waals surface area contributed by atoms with E-state index in [4.69, 9.17) is 0 Å². The number of hydrogen-bond acceptors (Lipinski definition) is 4. The number of para-hydroxylation sites is 1. The van der Waals surface area contributed by atoms with Crippen molar-refractivity contribution < 1.29 is 13.2 Å². The minimum Gasteiger partial charge on any atom is -0.361 e. The molecule has 0 bridgehead atoms. The maximum atomic E-state index is 13.6. The van der Waals surface area contributed by atoms with Gasteiger partial charge >= 0.3 is 0 Å². The fourth-order valence-corrected chi connectivity index (χ4v) is 6.09. The number of carbonyl (C=O) groups is 1. The molecule has 0 aliphatic heterocycles. The van der Waals surface area contributed by atoms with Crippen molar-refractivity contribution in [2.24, 2.45) is 0 Å². The molecule has 1 amide bonds. The van der Waals surface area contributed by atoms with Gasteiger partial charge in [-0.2, -0.15) is 4.72 Å². The van der Waals surface area contributed by atoms with E-state index in [0.29, 0.717) is 6.54 Å². The Labute approximate surface area is 195 Å². The second kappa shape index (κ2) is 9.27. The van der Waals surface area contributed by atoms with Crippen molar-refractivity contribution in [2.75, 3.05) is 12.8 Å². The Hall–Kier alpha value is -2.71. The van der Waals surface area contributed by atoms with Crippen LogP contribution in [0.5, 0.6) is 0 Å². The van der Waals surface area contributed by atoms with Gasteiger partial charge in [0.1, 0.15) is 5.54 Å². The van der Waals surface area contributed by atoms with Crippen LogP contribution in [0.4, 0.5) is 0 Å². The van der Waals surface area contributed by atoms with Crippen molar-refractivity contribution in [2.45, 2.75) is 56.4 Å². The van der Waals surface area contributed by atoms with Crippen LogP contribution < -0.4 is 10.0 Å². The molecule has 2 heterocycles. The van der Waals surface area contributed by atoms with Gasteiger partial charge in [0.15, 0.2) is 0 Å². The second-order valence-corrected chi connectivity index (χ2v) is 11.2. The molecule has 3 aromatic rings. The smallest absolute Gasteiger partial charge is 0.241 e. The molecule has 3 N–H and O–H groups in total. The quantitative estimate of drug-likeness (QED) is 0.471. The fraction of sp³-hybridized carbons (Fsp3) is 0.440. The normalized spacial score (nSPS) is 18.0. The van der Waals surface area contributed by atoms with E-state index in [1.807, 2.05) is 48.7 Å². The van der Waals surface area contributed by atoms with Crippen LogP contribution in [0, 0.1) is 0 Å². The number of amides is 1. The number of nitrogens with zero attached hydrogens (tertiary/aromatic N) is 1. The molecular formula is C25H32N4O3S. The minimum absolute atomic E-state index is 0.229. The number of hydrogen-bond donors (Lipinski definition) is 3. The molecule has 4 rings (SSSR count). The summed E-state index contributed by atoms with van der Waals surface area (Å²) in [5.41, 5.74) is 1.25. The molecule has 7 nitrogen and oxygen atoms in total. The summed E-state index contributed by atoms with van der Waals surface area (Å²) >= 11 is 0. The summed E-state index contributed by atoms with van der Waals surface area (Å²) in [6.45, 7) is 2.08. The van der Waals surface area contributed by atoms with E-state index in [1.165, 1.54) is 6.42 Å². The second-order valence-electron chi connectivity index (χ2n) is 9.48. The molecule has 1 unspecified atom stereocenters. The molecule has 2 aromatic heterocycles. The lowest BCUT2D eigenvalue weighted by Gasteiger charge is -2.38. The average molecular weight is 469 g/mol. The number of nitrogens with one attached hydrogen (secondary N) is 3. The van der Waals surface area contributed by atoms with Crippen molar-refractivity contribution in [1.82, 2.24) is 20.0 Å². The fourth-order valence-electron chi connectivity index (χ4n) is 5.10. The number of H-pyrrole nitrogens is 1. The maximum absolute atomic E-state index is 13.6. The maximum Gasteiger partial charge on any atom is 0.241 e. The van der Waals surface area contributed by atoms with E-state index in [9.17, 15) is 13.2 Å². The van der Waals surface area contributed by atoms with Gasteiger partial charge in [0.05, 0.1) is 6.26 Å². The molecule has 1 aliphatic rings. The van der Waals surface area contributed by atoms with Gasteiger partial charge in [-0.15, -0.1) is 0 Å². The van der Waals surface area contributed by atoms with E-state index in [0.717, 1.165) is 54.1 Å². The van der Waals surface area contributed by atoms with Crippen molar-refractivity contribution in [3.8, 4) is 0 Å². The molecule has 33 heavy (non-hydrogen) atoms. The van der Waals surface area contributed by atoms with Gasteiger partial charge in [0, 0.05) is 47.4 Å². The van der Waals surface area contributed by atoms with Crippen LogP contribution in [-0.4, -0.2) is 42.6 Å². The van der Waals surface area contributed by atoms with Crippen molar-refractivity contribution >= 4 is 26.8 Å². The molecule has 1 aliphatic carbocycles. The van der Waals surface area contributed by atoms with Crippen LogP contribution in [0.2, 0.25) is 0 Å². The third-order valence-corrected chi connectivity index (χ3v) is 7.56. The number of aromatic amines is 1. The van der Waals surface area contributed by atoms with Crippen LogP contribution in [0.1, 0.15) is 50.3 Å². The minimum atomic E-state index is -3.63. The lowest BCUT2D eigenvalue weighted by atomic mass is 9.71. The summed E-state index contributed by atoms with van der Waals surface area (Å²) in [7, 11) is -3.63. The molecule has 0 saturated heterocycles. The number of sulfonamides is 1. The monoisotopic (exact) mass is 468 g/mol. The Morgan fingerprint density at radius 1 is 1.12 bits per heavy atom. The van der Waals surface area contributed by atoms with Gasteiger partial charge in [0.2, 0.25) is 15.9 Å². The number of rotatable bonds is 8. The van der Waals surface area contributed by atoms with Crippen LogP contribution in [0.25, 0.3) is 10.9 Å². The summed E-state index contributed by atoms with van der Waals surface area (Å²) in [6, 6.07) is 13.7. The lowest BCUT2D eigenvalue weighted by molar-refractivity contribution is -0.126. The largest absolute Gasteiger partial charge is 0.361 e. The first kappa shape index (κ1) is 23.4. The lowest BCUT2D eigenvalue weighted by Crippen LogP contribution is -2.59. The zero-order valence-corrected chi connectivity index (χ0v) is 20.0. The van der Waals surface area contributed by atoms with E-state index in [1.54, 1.807) is 13.1 Å². The highest BCUT2D eigenvalue weighted by Gasteiger charge is 2.40. The first-order chi connectivity index (χ1) is 15.7. The first-order valence-corrected chi connectivity index (χ1v) is 13.3. The average Bonchev–Trinajstić information content (AvgIpc) is 3.20. The molecule has 0 radical (unpaired) electrons. The van der Waals surface area contributed by atoms with Crippen LogP contribution in [0.15, 0.2) is 54.9 Å². The molecule has 8 heteroatoms. The summed E-state index contributed by atoms with van der Waals surface area (Å²) in [4.78, 5) is 21.4. The van der Waals surface area contributed by atoms with Gasteiger partial charge < -0.3 is 10.3 Å². The molecule has 1 saturated carbocycles. The Morgan fingerprint density at radius 2 is 1.85 bits per heavy atom. The Bertz CT molecular complexity index is 1220. The van der Waals surface area contributed by atoms with Crippen molar-refractivity contribution in [3.63, 3.8) is 0 Å². The van der Waals surface area contributed by atoms with Crippen molar-refractivity contribution in [3.05, 3.63) is 66.1 Å². The predicted octanol–water partition coefficient (Wildman–Crippen LogP) is 3.43. The highest BCUT2D eigenvalue weighted by molar-refractivity contribution is 7.88.